The van der Waals surface area contributed by atoms with Crippen molar-refractivity contribution in [3.8, 4) is 0 Å². The second-order valence-corrected chi connectivity index (χ2v) is 5.93. The van der Waals surface area contributed by atoms with Gasteiger partial charge in [-0.15, -0.1) is 0 Å². The molecule has 1 saturated heterocycles. The van der Waals surface area contributed by atoms with E-state index in [0.29, 0.717) is 11.8 Å². The Labute approximate surface area is 119 Å². The highest BCUT2D eigenvalue weighted by molar-refractivity contribution is 6.31. The van der Waals surface area contributed by atoms with Crippen LogP contribution in [0, 0.1) is 5.92 Å². The van der Waals surface area contributed by atoms with Crippen molar-refractivity contribution in [2.24, 2.45) is 5.92 Å². The maximum absolute atomic E-state index is 6.08. The second-order valence-electron chi connectivity index (χ2n) is 5.50. The molecule has 0 radical (unpaired) electrons. The zero-order valence-electron chi connectivity index (χ0n) is 11.5. The summed E-state index contributed by atoms with van der Waals surface area (Å²) in [4.78, 5) is 4.86. The summed E-state index contributed by atoms with van der Waals surface area (Å²) in [7, 11) is 0. The molecule has 19 heavy (non-hydrogen) atoms. The van der Waals surface area contributed by atoms with Crippen LogP contribution < -0.4 is 5.32 Å². The summed E-state index contributed by atoms with van der Waals surface area (Å²) in [5.41, 5.74) is 2.23. The molecule has 1 fully saturated rings. The van der Waals surface area contributed by atoms with Crippen LogP contribution >= 0.6 is 11.6 Å². The molecule has 1 N–H and O–H groups in total. The minimum atomic E-state index is 0.512. The lowest BCUT2D eigenvalue weighted by atomic mass is 9.97. The summed E-state index contributed by atoms with van der Waals surface area (Å²) in [5.74, 6) is 2.37. The van der Waals surface area contributed by atoms with Gasteiger partial charge in [0.25, 0.3) is 0 Å². The van der Waals surface area contributed by atoms with E-state index in [-0.39, 0.29) is 0 Å². The number of benzene rings is 1. The molecule has 3 nitrogen and oxygen atoms in total. The monoisotopic (exact) mass is 277 g/mol. The van der Waals surface area contributed by atoms with Crippen molar-refractivity contribution < 1.29 is 0 Å². The number of halogens is 1. The molecule has 1 aromatic carbocycles. The third-order valence-corrected chi connectivity index (χ3v) is 4.27. The Balaban J connectivity index is 2.13. The Morgan fingerprint density at radius 2 is 2.26 bits per heavy atom. The maximum Gasteiger partial charge on any atom is 0.114 e. The highest BCUT2D eigenvalue weighted by Gasteiger charge is 2.29. The molecule has 1 aromatic heterocycles. The highest BCUT2D eigenvalue weighted by Crippen LogP contribution is 2.31. The number of nitrogens with one attached hydrogen (secondary N) is 1. The summed E-state index contributed by atoms with van der Waals surface area (Å²) in [6, 6.07) is 6.02. The van der Waals surface area contributed by atoms with Crippen LogP contribution in [0.25, 0.3) is 11.0 Å². The fraction of sp³-hybridized carbons (Fsp3) is 0.533. The molecule has 2 aromatic rings. The van der Waals surface area contributed by atoms with Crippen LogP contribution in [0.3, 0.4) is 0 Å². The van der Waals surface area contributed by atoms with Crippen LogP contribution in [0.15, 0.2) is 18.2 Å². The number of imidazole rings is 1. The fourth-order valence-electron chi connectivity index (χ4n) is 3.02. The van der Waals surface area contributed by atoms with Crippen molar-refractivity contribution >= 4 is 22.6 Å². The average Bonchev–Trinajstić information content (AvgIpc) is 2.94. The Bertz CT molecular complexity index is 590. The zero-order chi connectivity index (χ0) is 13.4. The van der Waals surface area contributed by atoms with Crippen molar-refractivity contribution in [1.29, 1.82) is 0 Å². The molecule has 4 heteroatoms. The number of aromatic nitrogens is 2. The van der Waals surface area contributed by atoms with E-state index in [2.05, 4.69) is 29.8 Å². The lowest BCUT2D eigenvalue weighted by Gasteiger charge is -2.16. The molecule has 1 aliphatic heterocycles. The smallest absolute Gasteiger partial charge is 0.114 e. The predicted molar refractivity (Wildman–Crippen MR) is 79.8 cm³/mol. The average molecular weight is 278 g/mol. The molecule has 2 heterocycles. The van der Waals surface area contributed by atoms with E-state index in [1.54, 1.807) is 0 Å². The van der Waals surface area contributed by atoms with E-state index in [1.807, 2.05) is 12.1 Å². The van der Waals surface area contributed by atoms with E-state index in [1.165, 1.54) is 11.3 Å². The van der Waals surface area contributed by atoms with Gasteiger partial charge in [-0.05, 0) is 37.1 Å². The van der Waals surface area contributed by atoms with Crippen LogP contribution in [-0.2, 0) is 6.54 Å². The standard InChI is InChI=1S/C15H20ClN3/c1-3-6-19-14-5-4-11(16)7-13(14)18-15(19)12-9-17-8-10(12)2/h4-5,7,10,12,17H,3,6,8-9H2,1-2H3. The summed E-state index contributed by atoms with van der Waals surface area (Å²) in [5, 5.41) is 4.23. The Morgan fingerprint density at radius 3 is 2.95 bits per heavy atom. The lowest BCUT2D eigenvalue weighted by Crippen LogP contribution is -2.15. The van der Waals surface area contributed by atoms with Gasteiger partial charge in [-0.2, -0.15) is 0 Å². The highest BCUT2D eigenvalue weighted by atomic mass is 35.5. The number of fused-ring (bicyclic) bond motifs is 1. The molecule has 1 aliphatic rings. The van der Waals surface area contributed by atoms with Crippen molar-refractivity contribution in [2.45, 2.75) is 32.7 Å². The third-order valence-electron chi connectivity index (χ3n) is 4.04. The molecule has 102 valence electrons. The second kappa shape index (κ2) is 5.14. The van der Waals surface area contributed by atoms with E-state index in [4.69, 9.17) is 16.6 Å². The van der Waals surface area contributed by atoms with Crippen LogP contribution in [-0.4, -0.2) is 22.6 Å². The minimum Gasteiger partial charge on any atom is -0.328 e. The molecule has 0 amide bonds. The zero-order valence-corrected chi connectivity index (χ0v) is 12.2. The summed E-state index contributed by atoms with van der Waals surface area (Å²) >= 11 is 6.08. The van der Waals surface area contributed by atoms with E-state index >= 15 is 0 Å². The van der Waals surface area contributed by atoms with Crippen LogP contribution in [0.1, 0.15) is 32.0 Å². The Morgan fingerprint density at radius 1 is 1.42 bits per heavy atom. The Hall–Kier alpha value is -1.06. The van der Waals surface area contributed by atoms with Gasteiger partial charge < -0.3 is 9.88 Å². The number of hydrogen-bond acceptors (Lipinski definition) is 2. The first-order valence-electron chi connectivity index (χ1n) is 7.07. The van der Waals surface area contributed by atoms with E-state index in [0.717, 1.165) is 36.6 Å². The van der Waals surface area contributed by atoms with Crippen LogP contribution in [0.4, 0.5) is 0 Å². The van der Waals surface area contributed by atoms with Gasteiger partial charge in [-0.3, -0.25) is 0 Å². The van der Waals surface area contributed by atoms with Crippen molar-refractivity contribution in [3.05, 3.63) is 29.0 Å². The first-order chi connectivity index (χ1) is 9.20. The quantitative estimate of drug-likeness (QED) is 0.932. The molecule has 2 atom stereocenters. The molecule has 0 spiro atoms. The molecule has 3 rings (SSSR count). The van der Waals surface area contributed by atoms with E-state index < -0.39 is 0 Å². The topological polar surface area (TPSA) is 29.9 Å². The number of hydrogen-bond donors (Lipinski definition) is 1. The number of aryl methyl sites for hydroxylation is 1. The van der Waals surface area contributed by atoms with Gasteiger partial charge in [0.15, 0.2) is 0 Å². The largest absolute Gasteiger partial charge is 0.328 e. The van der Waals surface area contributed by atoms with Gasteiger partial charge >= 0.3 is 0 Å². The van der Waals surface area contributed by atoms with Crippen molar-refractivity contribution in [3.63, 3.8) is 0 Å². The summed E-state index contributed by atoms with van der Waals surface area (Å²) in [6.07, 6.45) is 1.12. The third kappa shape index (κ3) is 2.26. The minimum absolute atomic E-state index is 0.512. The Kier molecular flexibility index (Phi) is 3.50. The van der Waals surface area contributed by atoms with Gasteiger partial charge in [0.1, 0.15) is 5.82 Å². The lowest BCUT2D eigenvalue weighted by molar-refractivity contribution is 0.514. The van der Waals surface area contributed by atoms with Crippen molar-refractivity contribution in [1.82, 2.24) is 14.9 Å². The van der Waals surface area contributed by atoms with Gasteiger partial charge in [0.2, 0.25) is 0 Å². The number of nitrogens with zero attached hydrogens (tertiary/aromatic N) is 2. The molecular formula is C15H20ClN3. The van der Waals surface area contributed by atoms with Crippen LogP contribution in [0.5, 0.6) is 0 Å². The molecule has 2 unspecified atom stereocenters. The van der Waals surface area contributed by atoms with E-state index in [9.17, 15) is 0 Å². The van der Waals surface area contributed by atoms with Gasteiger partial charge in [-0.1, -0.05) is 25.4 Å². The predicted octanol–water partition coefficient (Wildman–Crippen LogP) is 3.42. The fourth-order valence-corrected chi connectivity index (χ4v) is 3.19. The maximum atomic E-state index is 6.08. The molecule has 0 aliphatic carbocycles. The summed E-state index contributed by atoms with van der Waals surface area (Å²) < 4.78 is 2.37. The van der Waals surface area contributed by atoms with Gasteiger partial charge in [-0.25, -0.2) is 4.98 Å². The molecular weight excluding hydrogens is 258 g/mol. The SMILES string of the molecule is CCCn1c(C2CNCC2C)nc2cc(Cl)ccc21. The molecule has 0 saturated carbocycles. The van der Waals surface area contributed by atoms with Gasteiger partial charge in [0.05, 0.1) is 11.0 Å². The first kappa shape index (κ1) is 12.9. The first-order valence-corrected chi connectivity index (χ1v) is 7.45. The van der Waals surface area contributed by atoms with Crippen LogP contribution in [0.2, 0.25) is 5.02 Å². The number of rotatable bonds is 3. The van der Waals surface area contributed by atoms with Crippen molar-refractivity contribution in [2.75, 3.05) is 13.1 Å². The molecule has 0 bridgehead atoms. The summed E-state index contributed by atoms with van der Waals surface area (Å²) in [6.45, 7) is 7.65. The van der Waals surface area contributed by atoms with Gasteiger partial charge in [0, 0.05) is 24.0 Å². The normalized spacial score (nSPS) is 23.3.